The summed E-state index contributed by atoms with van der Waals surface area (Å²) in [5.41, 5.74) is 1.49. The molecular weight excluding hydrogens is 227 g/mol. The molecule has 1 aromatic rings. The van der Waals surface area contributed by atoms with Crippen molar-refractivity contribution in [1.82, 2.24) is 0 Å². The summed E-state index contributed by atoms with van der Waals surface area (Å²) < 4.78 is 1.61. The van der Waals surface area contributed by atoms with E-state index in [2.05, 4.69) is 36.1 Å². The van der Waals surface area contributed by atoms with E-state index in [9.17, 15) is 0 Å². The van der Waals surface area contributed by atoms with Gasteiger partial charge >= 0.3 is 72.8 Å². The van der Waals surface area contributed by atoms with Crippen LogP contribution in [0.1, 0.15) is 12.5 Å². The van der Waals surface area contributed by atoms with Gasteiger partial charge in [-0.25, -0.2) is 0 Å². The van der Waals surface area contributed by atoms with Crippen molar-refractivity contribution in [2.45, 2.75) is 18.3 Å². The average molecular weight is 239 g/mol. The fraction of sp³-hybridized carbons (Fsp3) is 0.333. The molecule has 10 heavy (non-hydrogen) atoms. The number of rotatable bonds is 2. The van der Waals surface area contributed by atoms with Crippen LogP contribution < -0.4 is 3.58 Å². The van der Waals surface area contributed by atoms with Crippen LogP contribution in [-0.4, -0.2) is 21.1 Å². The van der Waals surface area contributed by atoms with E-state index >= 15 is 0 Å². The molecule has 0 atom stereocenters. The van der Waals surface area contributed by atoms with Gasteiger partial charge in [0.05, 0.1) is 0 Å². The maximum atomic E-state index is 2.36. The van der Waals surface area contributed by atoms with E-state index in [1.807, 2.05) is 0 Å². The summed E-state index contributed by atoms with van der Waals surface area (Å²) in [4.78, 5) is 2.36. The van der Waals surface area contributed by atoms with Crippen molar-refractivity contribution < 1.29 is 0 Å². The first kappa shape index (κ1) is 8.12. The van der Waals surface area contributed by atoms with E-state index in [4.69, 9.17) is 0 Å². The van der Waals surface area contributed by atoms with Gasteiger partial charge in [-0.05, 0) is 0 Å². The van der Waals surface area contributed by atoms with Crippen LogP contribution in [0, 0.1) is 0 Å². The molecule has 0 saturated heterocycles. The molecule has 0 aliphatic rings. The van der Waals surface area contributed by atoms with Gasteiger partial charge in [0.2, 0.25) is 0 Å². The van der Waals surface area contributed by atoms with E-state index in [-0.39, 0.29) is 21.1 Å². The Bertz CT molecular complexity index is 186. The molecule has 0 amide bonds. The van der Waals surface area contributed by atoms with Gasteiger partial charge in [-0.3, -0.25) is 0 Å². The molecule has 0 spiro atoms. The SMILES string of the molecule is CCc1ccc[c]([Sn][CH3])c1. The summed E-state index contributed by atoms with van der Waals surface area (Å²) in [7, 11) is 0. The van der Waals surface area contributed by atoms with Gasteiger partial charge in [-0.1, -0.05) is 0 Å². The zero-order chi connectivity index (χ0) is 7.40. The van der Waals surface area contributed by atoms with Gasteiger partial charge in [-0.2, -0.15) is 0 Å². The normalized spacial score (nSPS) is 9.80. The summed E-state index contributed by atoms with van der Waals surface area (Å²) in [6, 6.07) is 8.99. The van der Waals surface area contributed by atoms with Gasteiger partial charge in [0.1, 0.15) is 0 Å². The first-order chi connectivity index (χ1) is 4.86. The molecule has 0 N–H and O–H groups in total. The van der Waals surface area contributed by atoms with Crippen LogP contribution in [0.4, 0.5) is 0 Å². The fourth-order valence-electron chi connectivity index (χ4n) is 0.947. The molecule has 0 fully saturated rings. The average Bonchev–Trinajstić information content (AvgIpc) is 2.05. The Hall–Kier alpha value is 0.0187. The van der Waals surface area contributed by atoms with Crippen LogP contribution >= 0.6 is 0 Å². The van der Waals surface area contributed by atoms with Crippen LogP contribution in [-0.2, 0) is 6.42 Å². The van der Waals surface area contributed by atoms with Crippen LogP contribution in [0.15, 0.2) is 24.3 Å². The molecule has 0 nitrogen and oxygen atoms in total. The van der Waals surface area contributed by atoms with Crippen molar-refractivity contribution >= 4 is 24.7 Å². The van der Waals surface area contributed by atoms with E-state index in [0.717, 1.165) is 0 Å². The maximum absolute atomic E-state index is 2.36. The first-order valence-electron chi connectivity index (χ1n) is 3.63. The van der Waals surface area contributed by atoms with E-state index < -0.39 is 0 Å². The molecule has 52 valence electrons. The van der Waals surface area contributed by atoms with Crippen molar-refractivity contribution in [3.05, 3.63) is 29.8 Å². The van der Waals surface area contributed by atoms with E-state index in [0.29, 0.717) is 0 Å². The minimum atomic E-state index is -0.183. The Labute approximate surface area is 72.9 Å². The van der Waals surface area contributed by atoms with Crippen molar-refractivity contribution in [1.29, 1.82) is 0 Å². The summed E-state index contributed by atoms with van der Waals surface area (Å²) in [5, 5.41) is 0. The summed E-state index contributed by atoms with van der Waals surface area (Å²) in [6.07, 6.45) is 1.17. The van der Waals surface area contributed by atoms with Gasteiger partial charge < -0.3 is 0 Å². The summed E-state index contributed by atoms with van der Waals surface area (Å²) in [5.74, 6) is 0. The zero-order valence-corrected chi connectivity index (χ0v) is 9.37. The molecule has 0 bridgehead atoms. The molecule has 1 heteroatoms. The molecule has 0 aliphatic carbocycles. The van der Waals surface area contributed by atoms with Crippen molar-refractivity contribution in [3.8, 4) is 0 Å². The van der Waals surface area contributed by atoms with Crippen LogP contribution in [0.5, 0.6) is 0 Å². The van der Waals surface area contributed by atoms with Gasteiger partial charge in [0, 0.05) is 0 Å². The van der Waals surface area contributed by atoms with Gasteiger partial charge in [0.25, 0.3) is 0 Å². The van der Waals surface area contributed by atoms with Crippen LogP contribution in [0.25, 0.3) is 0 Å². The summed E-state index contributed by atoms with van der Waals surface area (Å²) >= 11 is -0.183. The number of hydrogen-bond acceptors (Lipinski definition) is 0. The van der Waals surface area contributed by atoms with E-state index in [1.165, 1.54) is 12.0 Å². The standard InChI is InChI=1S/C8H9.CH3.Sn/c1-2-8-6-4-3-5-7-8;;/h3-4,6-7H,2H2,1H3;1H3;. The second-order valence-corrected chi connectivity index (χ2v) is 5.38. The quantitative estimate of drug-likeness (QED) is 0.688. The number of aryl methyl sites for hydroxylation is 1. The van der Waals surface area contributed by atoms with E-state index in [1.54, 1.807) is 3.58 Å². The Morgan fingerprint density at radius 2 is 2.20 bits per heavy atom. The zero-order valence-electron chi connectivity index (χ0n) is 6.52. The van der Waals surface area contributed by atoms with Crippen LogP contribution in [0.3, 0.4) is 0 Å². The third-order valence-electron chi connectivity index (χ3n) is 1.62. The third kappa shape index (κ3) is 2.01. The molecule has 2 radical (unpaired) electrons. The molecule has 1 aromatic carbocycles. The molecular formula is C9H12Sn. The Kier molecular flexibility index (Phi) is 3.26. The summed E-state index contributed by atoms with van der Waals surface area (Å²) in [6.45, 7) is 2.21. The minimum absolute atomic E-state index is 0.183. The first-order valence-corrected chi connectivity index (χ1v) is 7.91. The third-order valence-corrected chi connectivity index (χ3v) is 4.16. The molecule has 0 aliphatic heterocycles. The Morgan fingerprint density at radius 3 is 2.80 bits per heavy atom. The molecule has 0 aromatic heterocycles. The second kappa shape index (κ2) is 4.01. The van der Waals surface area contributed by atoms with Crippen molar-refractivity contribution in [3.63, 3.8) is 0 Å². The topological polar surface area (TPSA) is 0 Å². The van der Waals surface area contributed by atoms with Crippen molar-refractivity contribution in [2.24, 2.45) is 0 Å². The predicted octanol–water partition coefficient (Wildman–Crippen LogP) is 1.63. The van der Waals surface area contributed by atoms with Gasteiger partial charge in [0.15, 0.2) is 0 Å². The van der Waals surface area contributed by atoms with Crippen LogP contribution in [0.2, 0.25) is 4.94 Å². The van der Waals surface area contributed by atoms with Crippen molar-refractivity contribution in [2.75, 3.05) is 0 Å². The number of benzene rings is 1. The molecule has 0 heterocycles. The Balaban J connectivity index is 2.87. The predicted molar refractivity (Wildman–Crippen MR) is 47.1 cm³/mol. The Morgan fingerprint density at radius 1 is 1.40 bits per heavy atom. The molecule has 0 saturated carbocycles. The molecule has 0 unspecified atom stereocenters. The van der Waals surface area contributed by atoms with Gasteiger partial charge in [-0.15, -0.1) is 0 Å². The number of hydrogen-bond donors (Lipinski definition) is 0. The fourth-order valence-corrected chi connectivity index (χ4v) is 2.64. The monoisotopic (exact) mass is 240 g/mol. The second-order valence-electron chi connectivity index (χ2n) is 2.30. The molecule has 1 rings (SSSR count).